The highest BCUT2D eigenvalue weighted by atomic mass is 35.5. The van der Waals surface area contributed by atoms with Crippen LogP contribution in [0.1, 0.15) is 12.8 Å². The second kappa shape index (κ2) is 3.82. The molecular weight excluding hydrogens is 236 g/mol. The maximum absolute atomic E-state index is 5.77. The van der Waals surface area contributed by atoms with Crippen LogP contribution in [0.2, 0.25) is 5.15 Å². The second-order valence-corrected chi connectivity index (χ2v) is 6.02. The first-order valence-corrected chi connectivity index (χ1v) is 6.52. The summed E-state index contributed by atoms with van der Waals surface area (Å²) < 4.78 is 1.16. The monoisotopic (exact) mass is 253 g/mol. The Kier molecular flexibility index (Phi) is 2.52. The topological polar surface area (TPSA) is 29.0 Å². The number of quaternary nitrogens is 1. The number of hydrogen-bond donors (Lipinski definition) is 0. The third-order valence-corrected chi connectivity index (χ3v) is 4.72. The Morgan fingerprint density at radius 1 is 1.18 bits per heavy atom. The van der Waals surface area contributed by atoms with Gasteiger partial charge in [-0.05, 0) is 12.1 Å². The SMILES string of the molecule is C[N+]1(C)C2CCC1CN(c1ccc(Cl)nn1)C2. The van der Waals surface area contributed by atoms with E-state index in [4.69, 9.17) is 11.6 Å². The third kappa shape index (κ3) is 1.79. The number of aromatic nitrogens is 2. The first-order valence-electron chi connectivity index (χ1n) is 6.15. The number of nitrogens with zero attached hydrogens (tertiary/aromatic N) is 4. The molecule has 3 rings (SSSR count). The molecule has 0 spiro atoms. The van der Waals surface area contributed by atoms with Gasteiger partial charge in [0.05, 0.1) is 27.2 Å². The van der Waals surface area contributed by atoms with Gasteiger partial charge in [0.15, 0.2) is 11.0 Å². The van der Waals surface area contributed by atoms with E-state index >= 15 is 0 Å². The molecule has 2 aliphatic heterocycles. The van der Waals surface area contributed by atoms with Crippen molar-refractivity contribution in [2.45, 2.75) is 24.9 Å². The Balaban J connectivity index is 1.82. The average Bonchev–Trinajstić information content (AvgIpc) is 2.52. The lowest BCUT2D eigenvalue weighted by molar-refractivity contribution is -0.925. The molecule has 2 unspecified atom stereocenters. The molecule has 2 saturated heterocycles. The van der Waals surface area contributed by atoms with Crippen LogP contribution in [0.25, 0.3) is 0 Å². The fraction of sp³-hybridized carbons (Fsp3) is 0.667. The highest BCUT2D eigenvalue weighted by Crippen LogP contribution is 2.35. The lowest BCUT2D eigenvalue weighted by atomic mass is 10.1. The summed E-state index contributed by atoms with van der Waals surface area (Å²) in [5, 5.41) is 8.58. The summed E-state index contributed by atoms with van der Waals surface area (Å²) in [6.45, 7) is 2.17. The molecule has 0 N–H and O–H groups in total. The summed E-state index contributed by atoms with van der Waals surface area (Å²) in [6, 6.07) is 5.25. The molecule has 5 heteroatoms. The Hall–Kier alpha value is -0.870. The Bertz CT molecular complexity index is 401. The van der Waals surface area contributed by atoms with E-state index in [1.807, 2.05) is 12.1 Å². The van der Waals surface area contributed by atoms with E-state index in [-0.39, 0.29) is 0 Å². The normalized spacial score (nSPS) is 30.6. The maximum Gasteiger partial charge on any atom is 0.151 e. The van der Waals surface area contributed by atoms with Gasteiger partial charge in [-0.25, -0.2) is 0 Å². The Morgan fingerprint density at radius 2 is 1.82 bits per heavy atom. The van der Waals surface area contributed by atoms with E-state index in [2.05, 4.69) is 29.2 Å². The molecule has 0 saturated carbocycles. The standard InChI is InChI=1S/C12H18ClN4/c1-17(2)9-3-4-10(17)8-16(7-9)12-6-5-11(13)14-15-12/h5-6,9-10H,3-4,7-8H2,1-2H3/q+1. The molecule has 0 aromatic carbocycles. The van der Waals surface area contributed by atoms with Crippen molar-refractivity contribution in [2.24, 2.45) is 0 Å². The van der Waals surface area contributed by atoms with Crippen LogP contribution in [0.4, 0.5) is 5.82 Å². The van der Waals surface area contributed by atoms with Gasteiger partial charge in [-0.2, -0.15) is 0 Å². The lowest BCUT2D eigenvalue weighted by Gasteiger charge is -2.45. The van der Waals surface area contributed by atoms with Crippen molar-refractivity contribution < 1.29 is 4.48 Å². The Labute approximate surface area is 107 Å². The summed E-state index contributed by atoms with van der Waals surface area (Å²) in [5.41, 5.74) is 0. The molecule has 2 aliphatic rings. The fourth-order valence-corrected chi connectivity index (χ4v) is 3.30. The quantitative estimate of drug-likeness (QED) is 0.712. The van der Waals surface area contributed by atoms with Crippen LogP contribution in [-0.4, -0.2) is 53.9 Å². The number of rotatable bonds is 1. The molecule has 4 nitrogen and oxygen atoms in total. The first-order chi connectivity index (χ1) is 8.07. The van der Waals surface area contributed by atoms with Crippen molar-refractivity contribution in [3.8, 4) is 0 Å². The lowest BCUT2D eigenvalue weighted by Crippen LogP contribution is -2.62. The summed E-state index contributed by atoms with van der Waals surface area (Å²) in [5.74, 6) is 0.964. The van der Waals surface area contributed by atoms with Gasteiger partial charge in [-0.15, -0.1) is 10.2 Å². The zero-order chi connectivity index (χ0) is 12.0. The summed E-state index contributed by atoms with van der Waals surface area (Å²) >= 11 is 5.77. The van der Waals surface area contributed by atoms with Crippen LogP contribution in [0.15, 0.2) is 12.1 Å². The minimum atomic E-state index is 0.463. The summed E-state index contributed by atoms with van der Waals surface area (Å²) in [6.07, 6.45) is 2.66. The number of fused-ring (bicyclic) bond motifs is 2. The number of halogens is 1. The highest BCUT2D eigenvalue weighted by molar-refractivity contribution is 6.29. The summed E-state index contributed by atoms with van der Waals surface area (Å²) in [4.78, 5) is 2.36. The molecule has 0 amide bonds. The molecule has 2 fully saturated rings. The van der Waals surface area contributed by atoms with Gasteiger partial charge >= 0.3 is 0 Å². The van der Waals surface area contributed by atoms with Gasteiger partial charge < -0.3 is 9.38 Å². The molecule has 0 aliphatic carbocycles. The van der Waals surface area contributed by atoms with Crippen molar-refractivity contribution in [1.29, 1.82) is 0 Å². The highest BCUT2D eigenvalue weighted by Gasteiger charge is 2.48. The van der Waals surface area contributed by atoms with Crippen molar-refractivity contribution in [3.63, 3.8) is 0 Å². The third-order valence-electron chi connectivity index (χ3n) is 4.52. The maximum atomic E-state index is 5.77. The van der Waals surface area contributed by atoms with Gasteiger partial charge in [-0.3, -0.25) is 0 Å². The van der Waals surface area contributed by atoms with Crippen molar-refractivity contribution in [1.82, 2.24) is 10.2 Å². The van der Waals surface area contributed by atoms with E-state index in [0.717, 1.165) is 35.5 Å². The minimum absolute atomic E-state index is 0.463. The van der Waals surface area contributed by atoms with Gasteiger partial charge in [0, 0.05) is 12.8 Å². The van der Waals surface area contributed by atoms with Crippen LogP contribution < -0.4 is 4.90 Å². The largest absolute Gasteiger partial charge is 0.343 e. The predicted octanol–water partition coefficient (Wildman–Crippen LogP) is 1.56. The minimum Gasteiger partial charge on any atom is -0.343 e. The van der Waals surface area contributed by atoms with Crippen LogP contribution >= 0.6 is 11.6 Å². The van der Waals surface area contributed by atoms with Crippen LogP contribution in [0, 0.1) is 0 Å². The van der Waals surface area contributed by atoms with Crippen LogP contribution in [0.3, 0.4) is 0 Å². The van der Waals surface area contributed by atoms with Gasteiger partial charge in [0.2, 0.25) is 0 Å². The molecule has 3 heterocycles. The molecule has 17 heavy (non-hydrogen) atoms. The Morgan fingerprint density at radius 3 is 2.35 bits per heavy atom. The van der Waals surface area contributed by atoms with E-state index in [0.29, 0.717) is 5.15 Å². The molecule has 2 bridgehead atoms. The van der Waals surface area contributed by atoms with Crippen LogP contribution in [0.5, 0.6) is 0 Å². The molecular formula is C12H18ClN4+. The number of anilines is 1. The zero-order valence-corrected chi connectivity index (χ0v) is 11.1. The first kappa shape index (κ1) is 11.2. The zero-order valence-electron chi connectivity index (χ0n) is 10.3. The average molecular weight is 254 g/mol. The summed E-state index contributed by atoms with van der Waals surface area (Å²) in [7, 11) is 4.71. The van der Waals surface area contributed by atoms with E-state index in [1.54, 1.807) is 0 Å². The molecule has 2 atom stereocenters. The molecule has 1 aromatic heterocycles. The number of hydrogen-bond acceptors (Lipinski definition) is 3. The van der Waals surface area contributed by atoms with E-state index in [9.17, 15) is 0 Å². The van der Waals surface area contributed by atoms with E-state index in [1.165, 1.54) is 12.8 Å². The molecule has 1 aromatic rings. The fourth-order valence-electron chi connectivity index (χ4n) is 3.20. The molecule has 0 radical (unpaired) electrons. The molecule has 92 valence electrons. The predicted molar refractivity (Wildman–Crippen MR) is 68.2 cm³/mol. The van der Waals surface area contributed by atoms with E-state index < -0.39 is 0 Å². The van der Waals surface area contributed by atoms with Crippen LogP contribution in [-0.2, 0) is 0 Å². The van der Waals surface area contributed by atoms with Crippen molar-refractivity contribution in [2.75, 3.05) is 32.1 Å². The van der Waals surface area contributed by atoms with Crippen molar-refractivity contribution >= 4 is 17.4 Å². The van der Waals surface area contributed by atoms with Gasteiger partial charge in [-0.1, -0.05) is 11.6 Å². The number of piperazine rings is 1. The number of likely N-dealkylation sites (N-methyl/N-ethyl adjacent to an activating group) is 1. The van der Waals surface area contributed by atoms with Crippen molar-refractivity contribution in [3.05, 3.63) is 17.3 Å². The van der Waals surface area contributed by atoms with Gasteiger partial charge in [0.25, 0.3) is 0 Å². The second-order valence-electron chi connectivity index (χ2n) is 5.63. The smallest absolute Gasteiger partial charge is 0.151 e. The van der Waals surface area contributed by atoms with Gasteiger partial charge in [0.1, 0.15) is 12.1 Å².